The molecule has 0 fully saturated rings. The van der Waals surface area contributed by atoms with Gasteiger partial charge in [-0.05, 0) is 34.2 Å². The maximum absolute atomic E-state index is 14.2. The molecule has 1 atom stereocenters. The normalized spacial score (nSPS) is 17.0. The summed E-state index contributed by atoms with van der Waals surface area (Å²) < 4.78 is 14.2. The fourth-order valence-corrected chi connectivity index (χ4v) is 2.42. The molecule has 0 amide bonds. The van der Waals surface area contributed by atoms with Crippen molar-refractivity contribution < 1.29 is 4.39 Å². The van der Waals surface area contributed by atoms with E-state index >= 15 is 0 Å². The minimum Gasteiger partial charge on any atom is -0.237 e. The first-order valence-corrected chi connectivity index (χ1v) is 5.67. The van der Waals surface area contributed by atoms with Crippen molar-refractivity contribution in [3.05, 3.63) is 59.2 Å². The number of benzene rings is 2. The van der Waals surface area contributed by atoms with Gasteiger partial charge in [0, 0.05) is 0 Å². The van der Waals surface area contributed by atoms with Crippen LogP contribution >= 0.6 is 0 Å². The summed E-state index contributed by atoms with van der Waals surface area (Å²) >= 11 is 0. The first-order valence-electron chi connectivity index (χ1n) is 5.67. The molecule has 0 aromatic heterocycles. The monoisotopic (exact) mass is 212 g/mol. The number of hydrogen-bond donors (Lipinski definition) is 0. The Bertz CT molecular complexity index is 543. The minimum atomic E-state index is -0.947. The Morgan fingerprint density at radius 3 is 2.56 bits per heavy atom. The van der Waals surface area contributed by atoms with Gasteiger partial charge in [0.2, 0.25) is 0 Å². The van der Waals surface area contributed by atoms with Crippen LogP contribution in [0, 0.1) is 0 Å². The quantitative estimate of drug-likeness (QED) is 0.661. The zero-order chi connectivity index (χ0) is 11.1. The average Bonchev–Trinajstić information content (AvgIpc) is 2.64. The molecule has 1 unspecified atom stereocenters. The number of halogens is 1. The van der Waals surface area contributed by atoms with Gasteiger partial charge in [0.1, 0.15) is 0 Å². The van der Waals surface area contributed by atoms with Crippen LogP contribution < -0.4 is 0 Å². The molecule has 1 aliphatic rings. The molecule has 2 aromatic carbocycles. The van der Waals surface area contributed by atoms with Gasteiger partial charge >= 0.3 is 0 Å². The van der Waals surface area contributed by atoms with Crippen LogP contribution in [0.1, 0.15) is 29.8 Å². The van der Waals surface area contributed by atoms with Crippen molar-refractivity contribution in [2.24, 2.45) is 0 Å². The molecule has 3 rings (SSSR count). The molecule has 0 spiro atoms. The molecule has 2 aromatic rings. The van der Waals surface area contributed by atoms with Crippen molar-refractivity contribution >= 4 is 0 Å². The molecule has 0 saturated heterocycles. The van der Waals surface area contributed by atoms with Gasteiger partial charge in [0.05, 0.1) is 0 Å². The molecule has 1 aliphatic carbocycles. The Balaban J connectivity index is 2.24. The van der Waals surface area contributed by atoms with Crippen LogP contribution in [-0.2, 0) is 6.42 Å². The van der Waals surface area contributed by atoms with E-state index in [1.807, 2.05) is 36.4 Å². The molecule has 80 valence electrons. The lowest BCUT2D eigenvalue weighted by Crippen LogP contribution is -1.89. The lowest BCUT2D eigenvalue weighted by Gasteiger charge is -2.04. The fraction of sp³-hybridized carbons (Fsp3) is 0.200. The van der Waals surface area contributed by atoms with E-state index in [1.54, 1.807) is 0 Å². The number of fused-ring (bicyclic) bond motifs is 3. The summed E-state index contributed by atoms with van der Waals surface area (Å²) in [6.45, 7) is 2.09. The molecule has 0 radical (unpaired) electrons. The van der Waals surface area contributed by atoms with Gasteiger partial charge in [-0.15, -0.1) is 0 Å². The van der Waals surface area contributed by atoms with Crippen LogP contribution in [0.25, 0.3) is 11.1 Å². The SMILES string of the molecule is CCc1ccc2c(c1)C(F)c1ccccc1-2. The lowest BCUT2D eigenvalue weighted by atomic mass is 10.0. The molecule has 0 N–H and O–H groups in total. The van der Waals surface area contributed by atoms with E-state index in [4.69, 9.17) is 0 Å². The maximum atomic E-state index is 14.2. The van der Waals surface area contributed by atoms with Crippen molar-refractivity contribution in [3.63, 3.8) is 0 Å². The molecule has 0 saturated carbocycles. The molecular weight excluding hydrogens is 199 g/mol. The van der Waals surface area contributed by atoms with Crippen LogP contribution in [0.5, 0.6) is 0 Å². The van der Waals surface area contributed by atoms with Crippen LogP contribution in [-0.4, -0.2) is 0 Å². The van der Waals surface area contributed by atoms with Gasteiger partial charge in [-0.2, -0.15) is 0 Å². The van der Waals surface area contributed by atoms with Gasteiger partial charge in [0.15, 0.2) is 6.17 Å². The first-order chi connectivity index (χ1) is 7.81. The smallest absolute Gasteiger partial charge is 0.151 e. The zero-order valence-electron chi connectivity index (χ0n) is 9.20. The number of hydrogen-bond acceptors (Lipinski definition) is 0. The van der Waals surface area contributed by atoms with Gasteiger partial charge in [0.25, 0.3) is 0 Å². The molecule has 0 bridgehead atoms. The topological polar surface area (TPSA) is 0 Å². The summed E-state index contributed by atoms with van der Waals surface area (Å²) in [5.41, 5.74) is 4.95. The molecule has 1 heteroatoms. The number of rotatable bonds is 1. The Morgan fingerprint density at radius 2 is 1.75 bits per heavy atom. The number of alkyl halides is 1. The predicted molar refractivity (Wildman–Crippen MR) is 64.2 cm³/mol. The third-order valence-electron chi connectivity index (χ3n) is 3.32. The Kier molecular flexibility index (Phi) is 2.06. The van der Waals surface area contributed by atoms with Crippen molar-refractivity contribution in [2.45, 2.75) is 19.5 Å². The summed E-state index contributed by atoms with van der Waals surface area (Å²) in [6.07, 6.45) is 0.00813. The molecule has 0 aliphatic heterocycles. The highest BCUT2D eigenvalue weighted by Crippen LogP contribution is 2.45. The first kappa shape index (κ1) is 9.59. The summed E-state index contributed by atoms with van der Waals surface area (Å²) in [7, 11) is 0. The van der Waals surface area contributed by atoms with E-state index in [2.05, 4.69) is 13.0 Å². The van der Waals surface area contributed by atoms with E-state index in [0.717, 1.165) is 28.7 Å². The zero-order valence-corrected chi connectivity index (χ0v) is 9.20. The second-order valence-corrected chi connectivity index (χ2v) is 4.22. The Labute approximate surface area is 94.7 Å². The highest BCUT2D eigenvalue weighted by molar-refractivity contribution is 5.78. The second-order valence-electron chi connectivity index (χ2n) is 4.22. The minimum absolute atomic E-state index is 0.811. The fourth-order valence-electron chi connectivity index (χ4n) is 2.42. The van der Waals surface area contributed by atoms with Crippen LogP contribution in [0.4, 0.5) is 4.39 Å². The third-order valence-corrected chi connectivity index (χ3v) is 3.32. The maximum Gasteiger partial charge on any atom is 0.151 e. The van der Waals surface area contributed by atoms with E-state index < -0.39 is 6.17 Å². The predicted octanol–water partition coefficient (Wildman–Crippen LogP) is 4.29. The highest BCUT2D eigenvalue weighted by Gasteiger charge is 2.27. The Morgan fingerprint density at radius 1 is 1.00 bits per heavy atom. The van der Waals surface area contributed by atoms with Gasteiger partial charge in [-0.3, -0.25) is 0 Å². The second kappa shape index (κ2) is 3.44. The van der Waals surface area contributed by atoms with E-state index in [-0.39, 0.29) is 0 Å². The van der Waals surface area contributed by atoms with Gasteiger partial charge < -0.3 is 0 Å². The lowest BCUT2D eigenvalue weighted by molar-refractivity contribution is 0.409. The van der Waals surface area contributed by atoms with E-state index in [0.29, 0.717) is 0 Å². The molecular formula is C15H13F. The number of aryl methyl sites for hydroxylation is 1. The largest absolute Gasteiger partial charge is 0.237 e. The summed E-state index contributed by atoms with van der Waals surface area (Å²) in [5.74, 6) is 0. The third kappa shape index (κ3) is 1.21. The average molecular weight is 212 g/mol. The van der Waals surface area contributed by atoms with Gasteiger partial charge in [-0.1, -0.05) is 49.4 Å². The highest BCUT2D eigenvalue weighted by atomic mass is 19.1. The molecule has 0 heterocycles. The summed E-state index contributed by atoms with van der Waals surface area (Å²) in [5, 5.41) is 0. The summed E-state index contributed by atoms with van der Waals surface area (Å²) in [6, 6.07) is 13.9. The van der Waals surface area contributed by atoms with Crippen molar-refractivity contribution in [3.8, 4) is 11.1 Å². The summed E-state index contributed by atoms with van der Waals surface area (Å²) in [4.78, 5) is 0. The van der Waals surface area contributed by atoms with Crippen LogP contribution in [0.15, 0.2) is 42.5 Å². The van der Waals surface area contributed by atoms with Crippen molar-refractivity contribution in [2.75, 3.05) is 0 Å². The molecule has 0 nitrogen and oxygen atoms in total. The van der Waals surface area contributed by atoms with Crippen molar-refractivity contribution in [1.29, 1.82) is 0 Å². The Hall–Kier alpha value is -1.63. The molecule has 16 heavy (non-hydrogen) atoms. The van der Waals surface area contributed by atoms with Crippen LogP contribution in [0.3, 0.4) is 0 Å². The van der Waals surface area contributed by atoms with Crippen molar-refractivity contribution in [1.82, 2.24) is 0 Å². The van der Waals surface area contributed by atoms with Gasteiger partial charge in [-0.25, -0.2) is 4.39 Å². The van der Waals surface area contributed by atoms with E-state index in [1.165, 1.54) is 5.56 Å². The van der Waals surface area contributed by atoms with E-state index in [9.17, 15) is 4.39 Å². The van der Waals surface area contributed by atoms with Crippen LogP contribution in [0.2, 0.25) is 0 Å². The standard InChI is InChI=1S/C15H13F/c1-2-10-7-8-12-11-5-3-4-6-13(11)15(16)14(12)9-10/h3-9,15H,2H2,1H3.